The van der Waals surface area contributed by atoms with Crippen LogP contribution in [-0.2, 0) is 27.4 Å². The third-order valence-electron chi connectivity index (χ3n) is 5.54. The summed E-state index contributed by atoms with van der Waals surface area (Å²) in [6, 6.07) is 5.46. The number of hydrogen-bond acceptors (Lipinski definition) is 6. The van der Waals surface area contributed by atoms with Crippen LogP contribution in [0.1, 0.15) is 48.2 Å². The topological polar surface area (TPSA) is 99.8 Å². The van der Waals surface area contributed by atoms with Crippen LogP contribution in [0, 0.1) is 0 Å². The quantitative estimate of drug-likeness (QED) is 0.628. The van der Waals surface area contributed by atoms with Crippen molar-refractivity contribution < 1.29 is 19.1 Å². The fourth-order valence-electron chi connectivity index (χ4n) is 4.21. The lowest BCUT2D eigenvalue weighted by molar-refractivity contribution is -0.136. The highest BCUT2D eigenvalue weighted by Gasteiger charge is 2.40. The highest BCUT2D eigenvalue weighted by molar-refractivity contribution is 6.05. The van der Waals surface area contributed by atoms with Gasteiger partial charge in [-0.1, -0.05) is 18.2 Å². The van der Waals surface area contributed by atoms with Crippen molar-refractivity contribution in [2.75, 3.05) is 13.2 Å². The van der Waals surface area contributed by atoms with Gasteiger partial charge < -0.3 is 15.0 Å². The summed E-state index contributed by atoms with van der Waals surface area (Å²) < 4.78 is 5.67. The smallest absolute Gasteiger partial charge is 0.255 e. The van der Waals surface area contributed by atoms with Crippen LogP contribution >= 0.6 is 0 Å². The van der Waals surface area contributed by atoms with Crippen LogP contribution in [0.25, 0.3) is 0 Å². The van der Waals surface area contributed by atoms with Gasteiger partial charge in [-0.3, -0.25) is 25.0 Å². The Kier molecular flexibility index (Phi) is 4.95. The molecule has 0 aromatic heterocycles. The molecule has 0 radical (unpaired) electrons. The molecule has 2 fully saturated rings. The number of carbonyl (C=O) groups is 3. The summed E-state index contributed by atoms with van der Waals surface area (Å²) in [6.07, 6.45) is 0.638. The van der Waals surface area contributed by atoms with Crippen molar-refractivity contribution in [2.45, 2.75) is 57.6 Å². The van der Waals surface area contributed by atoms with E-state index in [1.165, 1.54) is 0 Å². The molecule has 3 heterocycles. The van der Waals surface area contributed by atoms with Crippen molar-refractivity contribution in [3.63, 3.8) is 0 Å². The van der Waals surface area contributed by atoms with E-state index in [1.807, 2.05) is 32.0 Å². The summed E-state index contributed by atoms with van der Waals surface area (Å²) in [5.41, 5.74) is 2.22. The molecule has 1 unspecified atom stereocenters. The third kappa shape index (κ3) is 3.67. The lowest BCUT2D eigenvalue weighted by Crippen LogP contribution is -2.52. The number of rotatable bonds is 5. The van der Waals surface area contributed by atoms with Crippen molar-refractivity contribution in [3.05, 3.63) is 34.9 Å². The lowest BCUT2D eigenvalue weighted by atomic mass is 10.0. The fourth-order valence-corrected chi connectivity index (χ4v) is 4.21. The Bertz CT molecular complexity index is 822. The molecule has 1 aromatic rings. The minimum atomic E-state index is -0.583. The molecule has 3 aliphatic heterocycles. The van der Waals surface area contributed by atoms with Crippen molar-refractivity contribution in [2.24, 2.45) is 0 Å². The van der Waals surface area contributed by atoms with Crippen LogP contribution < -0.4 is 16.0 Å². The molecule has 28 heavy (non-hydrogen) atoms. The second-order valence-electron chi connectivity index (χ2n) is 8.14. The monoisotopic (exact) mass is 386 g/mol. The number of nitrogens with one attached hydrogen (secondary N) is 3. The van der Waals surface area contributed by atoms with E-state index in [4.69, 9.17) is 4.74 Å². The average Bonchev–Trinajstić information content (AvgIpc) is 3.15. The molecule has 0 saturated carbocycles. The number of piperidine rings is 1. The molecule has 0 spiro atoms. The fraction of sp³-hybridized carbons (Fsp3) is 0.550. The average molecular weight is 386 g/mol. The first-order chi connectivity index (χ1) is 13.3. The third-order valence-corrected chi connectivity index (χ3v) is 5.54. The maximum Gasteiger partial charge on any atom is 0.255 e. The molecule has 1 aromatic carbocycles. The first-order valence-corrected chi connectivity index (χ1v) is 9.72. The summed E-state index contributed by atoms with van der Waals surface area (Å²) in [4.78, 5) is 38.2. The van der Waals surface area contributed by atoms with Gasteiger partial charge in [-0.2, -0.15) is 0 Å². The standard InChI is InChI=1S/C20H26N4O4/c1-20(2)23-14(11-28-20)9-21-8-12-4-3-5-13-10-24(19(27)17(12)13)15-6-7-16(25)22-18(15)26/h3-5,14-15,21,23H,6-11H2,1-2H3,(H,22,25,26)/t14-,15?/m0/s1. The van der Waals surface area contributed by atoms with Crippen LogP contribution in [0.5, 0.6) is 0 Å². The molecule has 0 bridgehead atoms. The Hall–Kier alpha value is -2.29. The van der Waals surface area contributed by atoms with E-state index in [0.29, 0.717) is 31.7 Å². The number of carbonyl (C=O) groups excluding carboxylic acids is 3. The maximum absolute atomic E-state index is 13.0. The zero-order chi connectivity index (χ0) is 19.9. The molecule has 8 heteroatoms. The van der Waals surface area contributed by atoms with Gasteiger partial charge in [0.25, 0.3) is 5.91 Å². The zero-order valence-corrected chi connectivity index (χ0v) is 16.2. The van der Waals surface area contributed by atoms with E-state index in [0.717, 1.165) is 17.7 Å². The summed E-state index contributed by atoms with van der Waals surface area (Å²) in [5.74, 6) is -0.791. The van der Waals surface area contributed by atoms with Crippen molar-refractivity contribution in [1.82, 2.24) is 20.9 Å². The predicted octanol–water partition coefficient (Wildman–Crippen LogP) is 0.262. The van der Waals surface area contributed by atoms with Gasteiger partial charge in [0.1, 0.15) is 11.8 Å². The van der Waals surface area contributed by atoms with Crippen molar-refractivity contribution >= 4 is 17.7 Å². The van der Waals surface area contributed by atoms with Gasteiger partial charge in [-0.15, -0.1) is 0 Å². The number of ether oxygens (including phenoxy) is 1. The summed E-state index contributed by atoms with van der Waals surface area (Å²) in [7, 11) is 0. The molecule has 150 valence electrons. The Balaban J connectivity index is 1.42. The summed E-state index contributed by atoms with van der Waals surface area (Å²) in [6.45, 7) is 6.35. The molecule has 4 rings (SSSR count). The minimum absolute atomic E-state index is 0.134. The van der Waals surface area contributed by atoms with Gasteiger partial charge in [0.05, 0.1) is 6.61 Å². The SMILES string of the molecule is CC1(C)N[C@@H](CNCc2cccc3c2C(=O)N(C2CCC(=O)NC2=O)C3)CO1. The molecular weight excluding hydrogens is 360 g/mol. The Morgan fingerprint density at radius 1 is 1.29 bits per heavy atom. The number of nitrogens with zero attached hydrogens (tertiary/aromatic N) is 1. The van der Waals surface area contributed by atoms with E-state index in [1.54, 1.807) is 4.90 Å². The molecule has 2 saturated heterocycles. The highest BCUT2D eigenvalue weighted by atomic mass is 16.5. The van der Waals surface area contributed by atoms with Gasteiger partial charge in [-0.25, -0.2) is 0 Å². The van der Waals surface area contributed by atoms with Crippen molar-refractivity contribution in [1.29, 1.82) is 0 Å². The number of fused-ring (bicyclic) bond motifs is 1. The number of amides is 3. The van der Waals surface area contributed by atoms with Gasteiger partial charge in [0, 0.05) is 37.7 Å². The van der Waals surface area contributed by atoms with E-state index in [-0.39, 0.29) is 35.9 Å². The summed E-state index contributed by atoms with van der Waals surface area (Å²) >= 11 is 0. The first kappa shape index (κ1) is 19.0. The largest absolute Gasteiger partial charge is 0.360 e. The van der Waals surface area contributed by atoms with Crippen LogP contribution in [0.3, 0.4) is 0 Å². The summed E-state index contributed by atoms with van der Waals surface area (Å²) in [5, 5.41) is 9.15. The number of imide groups is 1. The molecule has 3 aliphatic rings. The van der Waals surface area contributed by atoms with Crippen LogP contribution in [0.2, 0.25) is 0 Å². The van der Waals surface area contributed by atoms with Crippen LogP contribution in [-0.4, -0.2) is 53.6 Å². The lowest BCUT2D eigenvalue weighted by Gasteiger charge is -2.29. The first-order valence-electron chi connectivity index (χ1n) is 9.72. The Labute approximate surface area is 164 Å². The van der Waals surface area contributed by atoms with E-state index < -0.39 is 6.04 Å². The molecular formula is C20H26N4O4. The number of hydrogen-bond donors (Lipinski definition) is 3. The van der Waals surface area contributed by atoms with Crippen LogP contribution in [0.15, 0.2) is 18.2 Å². The molecule has 8 nitrogen and oxygen atoms in total. The van der Waals surface area contributed by atoms with E-state index in [2.05, 4.69) is 16.0 Å². The van der Waals surface area contributed by atoms with Gasteiger partial charge in [0.2, 0.25) is 11.8 Å². The van der Waals surface area contributed by atoms with Gasteiger partial charge >= 0.3 is 0 Å². The second kappa shape index (κ2) is 7.27. The molecule has 0 aliphatic carbocycles. The Morgan fingerprint density at radius 2 is 2.11 bits per heavy atom. The molecule has 3 N–H and O–H groups in total. The van der Waals surface area contributed by atoms with Crippen LogP contribution in [0.4, 0.5) is 0 Å². The second-order valence-corrected chi connectivity index (χ2v) is 8.14. The van der Waals surface area contributed by atoms with Crippen molar-refractivity contribution in [3.8, 4) is 0 Å². The predicted molar refractivity (Wildman–Crippen MR) is 101 cm³/mol. The van der Waals surface area contributed by atoms with Gasteiger partial charge in [0.15, 0.2) is 0 Å². The Morgan fingerprint density at radius 3 is 2.82 bits per heavy atom. The molecule has 3 amide bonds. The molecule has 2 atom stereocenters. The van der Waals surface area contributed by atoms with E-state index in [9.17, 15) is 14.4 Å². The maximum atomic E-state index is 13.0. The normalized spacial score (nSPS) is 26.5. The zero-order valence-electron chi connectivity index (χ0n) is 16.2. The number of benzene rings is 1. The minimum Gasteiger partial charge on any atom is -0.360 e. The van der Waals surface area contributed by atoms with Gasteiger partial charge in [-0.05, 0) is 31.4 Å². The highest BCUT2D eigenvalue weighted by Crippen LogP contribution is 2.29. The van der Waals surface area contributed by atoms with E-state index >= 15 is 0 Å².